The number of benzene rings is 1. The topological polar surface area (TPSA) is 70.2 Å². The first-order valence-corrected chi connectivity index (χ1v) is 9.15. The molecule has 5 heteroatoms. The van der Waals surface area contributed by atoms with Crippen molar-refractivity contribution < 1.29 is 9.59 Å². The maximum atomic E-state index is 12.4. The van der Waals surface area contributed by atoms with Crippen LogP contribution in [0, 0.1) is 5.92 Å². The Hall–Kier alpha value is -1.88. The lowest BCUT2D eigenvalue weighted by Crippen LogP contribution is -2.42. The van der Waals surface area contributed by atoms with Gasteiger partial charge in [0.2, 0.25) is 5.91 Å². The highest BCUT2D eigenvalue weighted by Gasteiger charge is 2.21. The first-order valence-electron chi connectivity index (χ1n) is 9.15. The average Bonchev–Trinajstić information content (AvgIpc) is 2.63. The molecule has 1 heterocycles. The minimum atomic E-state index is -0.0596. The molecule has 0 aromatic heterocycles. The Morgan fingerprint density at radius 1 is 1.00 bits per heavy atom. The van der Waals surface area contributed by atoms with Crippen molar-refractivity contribution in [2.24, 2.45) is 5.92 Å². The molecule has 3 N–H and O–H groups in total. The Morgan fingerprint density at radius 2 is 1.75 bits per heavy atom. The summed E-state index contributed by atoms with van der Waals surface area (Å²) in [5.74, 6) is 0.146. The van der Waals surface area contributed by atoms with E-state index in [0.717, 1.165) is 51.6 Å². The molecule has 3 rings (SSSR count). The molecule has 0 radical (unpaired) electrons. The van der Waals surface area contributed by atoms with Gasteiger partial charge in [-0.1, -0.05) is 25.3 Å². The highest BCUT2D eigenvalue weighted by molar-refractivity contribution is 5.97. The van der Waals surface area contributed by atoms with E-state index in [1.807, 2.05) is 12.1 Å². The summed E-state index contributed by atoms with van der Waals surface area (Å²) in [5, 5.41) is 9.36. The van der Waals surface area contributed by atoms with Crippen LogP contribution in [0.3, 0.4) is 0 Å². The number of nitrogens with one attached hydrogen (secondary N) is 3. The summed E-state index contributed by atoms with van der Waals surface area (Å²) in [4.78, 5) is 24.8. The van der Waals surface area contributed by atoms with E-state index in [4.69, 9.17) is 0 Å². The van der Waals surface area contributed by atoms with Gasteiger partial charge < -0.3 is 16.0 Å². The molecule has 130 valence electrons. The molecule has 24 heavy (non-hydrogen) atoms. The molecule has 0 atom stereocenters. The van der Waals surface area contributed by atoms with Crippen molar-refractivity contribution in [1.29, 1.82) is 0 Å². The molecular formula is C19H27N3O2. The van der Waals surface area contributed by atoms with Gasteiger partial charge in [0.25, 0.3) is 5.91 Å². The second-order valence-electron chi connectivity index (χ2n) is 6.90. The lowest BCUT2D eigenvalue weighted by Gasteiger charge is -2.24. The zero-order valence-electron chi connectivity index (χ0n) is 14.1. The Balaban J connectivity index is 1.58. The molecule has 1 saturated heterocycles. The Morgan fingerprint density at radius 3 is 2.50 bits per heavy atom. The fourth-order valence-electron chi connectivity index (χ4n) is 3.58. The first-order chi connectivity index (χ1) is 11.7. The van der Waals surface area contributed by atoms with Crippen LogP contribution < -0.4 is 16.0 Å². The molecule has 1 saturated carbocycles. The third-order valence-electron chi connectivity index (χ3n) is 5.04. The third-order valence-corrected chi connectivity index (χ3v) is 5.04. The quantitative estimate of drug-likeness (QED) is 0.795. The summed E-state index contributed by atoms with van der Waals surface area (Å²) >= 11 is 0. The van der Waals surface area contributed by atoms with Gasteiger partial charge in [0.05, 0.1) is 0 Å². The van der Waals surface area contributed by atoms with E-state index in [9.17, 15) is 9.59 Å². The van der Waals surface area contributed by atoms with Gasteiger partial charge in [0.15, 0.2) is 0 Å². The van der Waals surface area contributed by atoms with Gasteiger partial charge >= 0.3 is 0 Å². The van der Waals surface area contributed by atoms with Crippen LogP contribution in [0.4, 0.5) is 5.69 Å². The van der Waals surface area contributed by atoms with Crippen molar-refractivity contribution in [2.45, 2.75) is 51.0 Å². The summed E-state index contributed by atoms with van der Waals surface area (Å²) in [6, 6.07) is 7.49. The molecular weight excluding hydrogens is 302 g/mol. The van der Waals surface area contributed by atoms with Crippen LogP contribution in [0.25, 0.3) is 0 Å². The first kappa shape index (κ1) is 17.0. The van der Waals surface area contributed by atoms with Gasteiger partial charge in [-0.2, -0.15) is 0 Å². The van der Waals surface area contributed by atoms with E-state index < -0.39 is 0 Å². The standard InChI is InChI=1S/C19H27N3O2/c23-18(14-5-2-1-3-6-14)22-17-8-4-7-15(13-17)19(24)21-16-9-11-20-12-10-16/h4,7-8,13-14,16,20H,1-3,5-6,9-12H2,(H,21,24)(H,22,23). The molecule has 1 aliphatic carbocycles. The predicted molar refractivity (Wildman–Crippen MR) is 95.0 cm³/mol. The van der Waals surface area contributed by atoms with Gasteiger partial charge in [-0.15, -0.1) is 0 Å². The number of amides is 2. The van der Waals surface area contributed by atoms with Gasteiger partial charge in [-0.3, -0.25) is 9.59 Å². The SMILES string of the molecule is O=C(NC1CCNCC1)c1cccc(NC(=O)C2CCCCC2)c1. The van der Waals surface area contributed by atoms with Crippen LogP contribution in [-0.2, 0) is 4.79 Å². The normalized spacial score (nSPS) is 19.7. The zero-order valence-corrected chi connectivity index (χ0v) is 14.1. The van der Waals surface area contributed by atoms with E-state index >= 15 is 0 Å². The molecule has 1 aromatic rings. The van der Waals surface area contributed by atoms with Gasteiger partial charge in [-0.05, 0) is 57.0 Å². The number of carbonyl (C=O) groups is 2. The van der Waals surface area contributed by atoms with Crippen molar-refractivity contribution in [3.8, 4) is 0 Å². The van der Waals surface area contributed by atoms with Crippen molar-refractivity contribution in [3.05, 3.63) is 29.8 Å². The molecule has 0 unspecified atom stereocenters. The lowest BCUT2D eigenvalue weighted by molar-refractivity contribution is -0.120. The van der Waals surface area contributed by atoms with Crippen LogP contribution >= 0.6 is 0 Å². The Bertz CT molecular complexity index is 576. The molecule has 5 nitrogen and oxygen atoms in total. The van der Waals surface area contributed by atoms with Crippen LogP contribution in [0.5, 0.6) is 0 Å². The number of hydrogen-bond acceptors (Lipinski definition) is 3. The highest BCUT2D eigenvalue weighted by Crippen LogP contribution is 2.25. The number of carbonyl (C=O) groups excluding carboxylic acids is 2. The minimum absolute atomic E-state index is 0.0596. The van der Waals surface area contributed by atoms with Crippen molar-refractivity contribution in [3.63, 3.8) is 0 Å². The fourth-order valence-corrected chi connectivity index (χ4v) is 3.58. The minimum Gasteiger partial charge on any atom is -0.349 e. The molecule has 0 spiro atoms. The monoisotopic (exact) mass is 329 g/mol. The van der Waals surface area contributed by atoms with E-state index in [1.54, 1.807) is 12.1 Å². The second-order valence-corrected chi connectivity index (χ2v) is 6.90. The largest absolute Gasteiger partial charge is 0.349 e. The molecule has 0 bridgehead atoms. The number of rotatable bonds is 4. The molecule has 2 fully saturated rings. The summed E-state index contributed by atoms with van der Waals surface area (Å²) in [6.07, 6.45) is 7.38. The van der Waals surface area contributed by atoms with Gasteiger partial charge in [0, 0.05) is 23.2 Å². The molecule has 2 aliphatic rings. The summed E-state index contributed by atoms with van der Waals surface area (Å²) < 4.78 is 0. The van der Waals surface area contributed by atoms with Gasteiger partial charge in [-0.25, -0.2) is 0 Å². The third kappa shape index (κ3) is 4.57. The molecule has 1 aromatic carbocycles. The van der Waals surface area contributed by atoms with Crippen molar-refractivity contribution in [1.82, 2.24) is 10.6 Å². The second kappa shape index (κ2) is 8.29. The maximum absolute atomic E-state index is 12.4. The van der Waals surface area contributed by atoms with E-state index in [0.29, 0.717) is 11.3 Å². The lowest BCUT2D eigenvalue weighted by atomic mass is 9.88. The zero-order chi connectivity index (χ0) is 16.8. The van der Waals surface area contributed by atoms with E-state index in [-0.39, 0.29) is 23.8 Å². The average molecular weight is 329 g/mol. The number of anilines is 1. The Kier molecular flexibility index (Phi) is 5.86. The molecule has 1 aliphatic heterocycles. The summed E-state index contributed by atoms with van der Waals surface area (Å²) in [7, 11) is 0. The summed E-state index contributed by atoms with van der Waals surface area (Å²) in [6.45, 7) is 1.89. The van der Waals surface area contributed by atoms with Crippen molar-refractivity contribution >= 4 is 17.5 Å². The fraction of sp³-hybridized carbons (Fsp3) is 0.579. The van der Waals surface area contributed by atoms with E-state index in [2.05, 4.69) is 16.0 Å². The van der Waals surface area contributed by atoms with E-state index in [1.165, 1.54) is 6.42 Å². The smallest absolute Gasteiger partial charge is 0.251 e. The number of piperidine rings is 1. The van der Waals surface area contributed by atoms with Crippen LogP contribution in [0.1, 0.15) is 55.3 Å². The van der Waals surface area contributed by atoms with Crippen LogP contribution in [0.2, 0.25) is 0 Å². The summed E-state index contributed by atoms with van der Waals surface area (Å²) in [5.41, 5.74) is 1.32. The predicted octanol–water partition coefficient (Wildman–Crippen LogP) is 2.69. The molecule has 2 amide bonds. The van der Waals surface area contributed by atoms with Crippen LogP contribution in [-0.4, -0.2) is 30.9 Å². The number of hydrogen-bond donors (Lipinski definition) is 3. The van der Waals surface area contributed by atoms with Crippen molar-refractivity contribution in [2.75, 3.05) is 18.4 Å². The van der Waals surface area contributed by atoms with Gasteiger partial charge in [0.1, 0.15) is 0 Å². The maximum Gasteiger partial charge on any atom is 0.251 e. The van der Waals surface area contributed by atoms with Crippen LogP contribution in [0.15, 0.2) is 24.3 Å². The highest BCUT2D eigenvalue weighted by atomic mass is 16.2. The Labute approximate surface area is 143 Å².